The van der Waals surface area contributed by atoms with E-state index in [4.69, 9.17) is 4.74 Å². The van der Waals surface area contributed by atoms with Gasteiger partial charge in [-0.25, -0.2) is 4.79 Å². The molecule has 6 heteroatoms. The van der Waals surface area contributed by atoms with Crippen LogP contribution in [0, 0.1) is 0 Å². The monoisotopic (exact) mass is 430 g/mol. The fourth-order valence-electron chi connectivity index (χ4n) is 3.34. The molecule has 0 heterocycles. The first-order chi connectivity index (χ1) is 15.5. The van der Waals surface area contributed by atoms with Crippen molar-refractivity contribution in [3.63, 3.8) is 0 Å². The van der Waals surface area contributed by atoms with Crippen molar-refractivity contribution in [3.05, 3.63) is 95.1 Å². The van der Waals surface area contributed by atoms with Crippen molar-refractivity contribution in [2.45, 2.75) is 26.7 Å². The third-order valence-corrected chi connectivity index (χ3v) is 5.03. The summed E-state index contributed by atoms with van der Waals surface area (Å²) in [4.78, 5) is 37.6. The minimum atomic E-state index is -0.691. The standard InChI is InChI=1S/C26H26N2O4/c1-3-18-13-10-14-19(4-2)24(18)28-23(29)17-32-26(31)21-15-8-9-16-22(21)27-25(30)20-11-6-5-7-12-20/h5-16H,3-4,17H2,1-2H3,(H,27,30)(H,28,29). The SMILES string of the molecule is CCc1cccc(CC)c1NC(=O)COC(=O)c1ccccc1NC(=O)c1ccccc1. The van der Waals surface area contributed by atoms with Crippen LogP contribution in [-0.4, -0.2) is 24.4 Å². The first kappa shape index (κ1) is 22.7. The average molecular weight is 431 g/mol. The van der Waals surface area contributed by atoms with E-state index in [9.17, 15) is 14.4 Å². The molecule has 0 radical (unpaired) electrons. The van der Waals surface area contributed by atoms with Crippen LogP contribution in [0.1, 0.15) is 45.7 Å². The highest BCUT2D eigenvalue weighted by Gasteiger charge is 2.17. The average Bonchev–Trinajstić information content (AvgIpc) is 2.83. The number of amides is 2. The van der Waals surface area contributed by atoms with Crippen LogP contribution in [0.15, 0.2) is 72.8 Å². The fourth-order valence-corrected chi connectivity index (χ4v) is 3.34. The lowest BCUT2D eigenvalue weighted by atomic mass is 10.0. The van der Waals surface area contributed by atoms with E-state index in [0.29, 0.717) is 11.3 Å². The van der Waals surface area contributed by atoms with Gasteiger partial charge in [-0.1, -0.05) is 62.4 Å². The predicted octanol–water partition coefficient (Wildman–Crippen LogP) is 4.86. The van der Waals surface area contributed by atoms with Gasteiger partial charge in [-0.2, -0.15) is 0 Å². The zero-order valence-corrected chi connectivity index (χ0v) is 18.2. The maximum Gasteiger partial charge on any atom is 0.340 e. The molecule has 0 aliphatic heterocycles. The van der Waals surface area contributed by atoms with E-state index in [0.717, 1.165) is 29.7 Å². The fraction of sp³-hybridized carbons (Fsp3) is 0.192. The third-order valence-electron chi connectivity index (χ3n) is 5.03. The number of benzene rings is 3. The summed E-state index contributed by atoms with van der Waals surface area (Å²) in [5, 5.41) is 5.60. The number of ether oxygens (including phenoxy) is 1. The van der Waals surface area contributed by atoms with Gasteiger partial charge >= 0.3 is 5.97 Å². The van der Waals surface area contributed by atoms with Crippen molar-refractivity contribution in [2.75, 3.05) is 17.2 Å². The van der Waals surface area contributed by atoms with Gasteiger partial charge in [-0.05, 0) is 48.2 Å². The molecule has 0 fully saturated rings. The highest BCUT2D eigenvalue weighted by molar-refractivity contribution is 6.08. The molecule has 0 aromatic heterocycles. The molecule has 0 spiro atoms. The lowest BCUT2D eigenvalue weighted by Gasteiger charge is -2.15. The van der Waals surface area contributed by atoms with Gasteiger partial charge in [0, 0.05) is 11.3 Å². The van der Waals surface area contributed by atoms with Crippen LogP contribution in [0.3, 0.4) is 0 Å². The highest BCUT2D eigenvalue weighted by atomic mass is 16.5. The molecule has 0 aliphatic rings. The molecule has 164 valence electrons. The largest absolute Gasteiger partial charge is 0.452 e. The molecule has 0 bridgehead atoms. The van der Waals surface area contributed by atoms with Crippen molar-refractivity contribution in [2.24, 2.45) is 0 Å². The van der Waals surface area contributed by atoms with E-state index in [1.54, 1.807) is 48.5 Å². The van der Waals surface area contributed by atoms with Gasteiger partial charge in [0.1, 0.15) is 0 Å². The lowest BCUT2D eigenvalue weighted by Crippen LogP contribution is -2.23. The van der Waals surface area contributed by atoms with Crippen molar-refractivity contribution in [3.8, 4) is 0 Å². The first-order valence-corrected chi connectivity index (χ1v) is 10.6. The maximum atomic E-state index is 12.6. The van der Waals surface area contributed by atoms with E-state index < -0.39 is 18.5 Å². The molecule has 3 aromatic carbocycles. The lowest BCUT2D eigenvalue weighted by molar-refractivity contribution is -0.119. The molecule has 3 rings (SSSR count). The van der Waals surface area contributed by atoms with Gasteiger partial charge < -0.3 is 15.4 Å². The molecular weight excluding hydrogens is 404 g/mol. The van der Waals surface area contributed by atoms with E-state index >= 15 is 0 Å². The number of carbonyl (C=O) groups excluding carboxylic acids is 3. The summed E-state index contributed by atoms with van der Waals surface area (Å²) in [6.07, 6.45) is 1.55. The Labute approximate surface area is 187 Å². The summed E-state index contributed by atoms with van der Waals surface area (Å²) in [7, 11) is 0. The number of esters is 1. The molecular formula is C26H26N2O4. The second-order valence-electron chi connectivity index (χ2n) is 7.15. The minimum Gasteiger partial charge on any atom is -0.452 e. The van der Waals surface area contributed by atoms with E-state index in [2.05, 4.69) is 10.6 Å². The van der Waals surface area contributed by atoms with E-state index in [-0.39, 0.29) is 11.5 Å². The Morgan fingerprint density at radius 2 is 1.38 bits per heavy atom. The second-order valence-corrected chi connectivity index (χ2v) is 7.15. The van der Waals surface area contributed by atoms with Gasteiger partial charge in [-0.3, -0.25) is 9.59 Å². The van der Waals surface area contributed by atoms with E-state index in [1.165, 1.54) is 0 Å². The molecule has 32 heavy (non-hydrogen) atoms. The summed E-state index contributed by atoms with van der Waals surface area (Å²) >= 11 is 0. The molecule has 2 N–H and O–H groups in total. The number of para-hydroxylation sites is 2. The van der Waals surface area contributed by atoms with Crippen molar-refractivity contribution >= 4 is 29.2 Å². The zero-order chi connectivity index (χ0) is 22.9. The minimum absolute atomic E-state index is 0.174. The van der Waals surface area contributed by atoms with Crippen LogP contribution < -0.4 is 10.6 Å². The van der Waals surface area contributed by atoms with Crippen molar-refractivity contribution in [1.82, 2.24) is 0 Å². The Balaban J connectivity index is 1.66. The third kappa shape index (κ3) is 5.60. The summed E-state index contributed by atoms with van der Waals surface area (Å²) in [6, 6.07) is 21.1. The molecule has 3 aromatic rings. The summed E-state index contributed by atoms with van der Waals surface area (Å²) in [5.74, 6) is -1.45. The molecule has 0 saturated heterocycles. The van der Waals surface area contributed by atoms with Crippen LogP contribution >= 0.6 is 0 Å². The van der Waals surface area contributed by atoms with Crippen molar-refractivity contribution in [1.29, 1.82) is 0 Å². The zero-order valence-electron chi connectivity index (χ0n) is 18.2. The Morgan fingerprint density at radius 3 is 2.03 bits per heavy atom. The Hall–Kier alpha value is -3.93. The molecule has 6 nitrogen and oxygen atoms in total. The summed E-state index contributed by atoms with van der Waals surface area (Å²) < 4.78 is 5.23. The number of nitrogens with one attached hydrogen (secondary N) is 2. The second kappa shape index (κ2) is 10.9. The topological polar surface area (TPSA) is 84.5 Å². The normalized spacial score (nSPS) is 10.3. The number of carbonyl (C=O) groups is 3. The number of rotatable bonds is 8. The number of hydrogen-bond acceptors (Lipinski definition) is 4. The van der Waals surface area contributed by atoms with Gasteiger partial charge in [0.2, 0.25) is 0 Å². The highest BCUT2D eigenvalue weighted by Crippen LogP contribution is 2.23. The number of aryl methyl sites for hydroxylation is 2. The summed E-state index contributed by atoms with van der Waals surface area (Å²) in [6.45, 7) is 3.61. The van der Waals surface area contributed by atoms with Gasteiger partial charge in [0.15, 0.2) is 6.61 Å². The Morgan fingerprint density at radius 1 is 0.750 bits per heavy atom. The molecule has 0 atom stereocenters. The predicted molar refractivity (Wildman–Crippen MR) is 125 cm³/mol. The Bertz CT molecular complexity index is 1090. The number of hydrogen-bond donors (Lipinski definition) is 2. The smallest absolute Gasteiger partial charge is 0.340 e. The quantitative estimate of drug-likeness (QED) is 0.500. The first-order valence-electron chi connectivity index (χ1n) is 10.6. The van der Waals surface area contributed by atoms with Crippen LogP contribution in [0.4, 0.5) is 11.4 Å². The molecule has 0 unspecified atom stereocenters. The Kier molecular flexibility index (Phi) is 7.75. The van der Waals surface area contributed by atoms with Gasteiger partial charge in [0.05, 0.1) is 11.3 Å². The van der Waals surface area contributed by atoms with Crippen LogP contribution in [0.25, 0.3) is 0 Å². The maximum absolute atomic E-state index is 12.6. The van der Waals surface area contributed by atoms with Gasteiger partial charge in [0.25, 0.3) is 11.8 Å². The number of anilines is 2. The molecule has 0 aliphatic carbocycles. The molecule has 0 saturated carbocycles. The van der Waals surface area contributed by atoms with Crippen LogP contribution in [0.2, 0.25) is 0 Å². The van der Waals surface area contributed by atoms with Crippen LogP contribution in [-0.2, 0) is 22.4 Å². The molecule has 2 amide bonds. The van der Waals surface area contributed by atoms with Gasteiger partial charge in [-0.15, -0.1) is 0 Å². The van der Waals surface area contributed by atoms with Crippen molar-refractivity contribution < 1.29 is 19.1 Å². The van der Waals surface area contributed by atoms with Crippen LogP contribution in [0.5, 0.6) is 0 Å². The summed E-state index contributed by atoms with van der Waals surface area (Å²) in [5.41, 5.74) is 3.78. The van der Waals surface area contributed by atoms with E-state index in [1.807, 2.05) is 38.1 Å².